The molecule has 1 aromatic carbocycles. The van der Waals surface area contributed by atoms with Crippen molar-refractivity contribution in [2.24, 2.45) is 11.7 Å². The lowest BCUT2D eigenvalue weighted by Gasteiger charge is -2.32. The number of nitrogens with zero attached hydrogens (tertiary/aromatic N) is 2. The third-order valence-corrected chi connectivity index (χ3v) is 7.48. The van der Waals surface area contributed by atoms with Crippen molar-refractivity contribution in [2.75, 3.05) is 12.4 Å². The van der Waals surface area contributed by atoms with Crippen molar-refractivity contribution >= 4 is 17.7 Å². The van der Waals surface area contributed by atoms with E-state index in [9.17, 15) is 22.8 Å². The molecule has 194 valence electrons. The maximum Gasteiger partial charge on any atom is 0.414 e. The quantitative estimate of drug-likeness (QED) is 0.593. The fraction of sp³-hybridized carbons (Fsp3) is 0.500. The van der Waals surface area contributed by atoms with Crippen LogP contribution in [0.15, 0.2) is 42.6 Å². The average Bonchev–Trinajstić information content (AvgIpc) is 3.35. The van der Waals surface area contributed by atoms with Crippen molar-refractivity contribution in [3.63, 3.8) is 0 Å². The minimum absolute atomic E-state index is 0.0585. The standard InChI is InChI=1S/C26H31F3N4O3/c1-25(2)19-7-5-4-6-15(19)13-21(25)32-17-9-11-20(31-14-17)22(26(27,28)29)33(3)23(34)16-8-10-18(12-16)36-24(30)35/h4-7,9,11,14,16,18,21-22,32H,8,10,12-13H2,1-3H3,(H2,30,35)/t16-,18+,21-,22?/m1/s1. The second-order valence-corrected chi connectivity index (χ2v) is 10.2. The number of nitrogens with two attached hydrogens (primary N) is 1. The lowest BCUT2D eigenvalue weighted by Crippen LogP contribution is -2.42. The number of fused-ring (bicyclic) bond motifs is 1. The topological polar surface area (TPSA) is 97.5 Å². The van der Waals surface area contributed by atoms with E-state index >= 15 is 0 Å². The summed E-state index contributed by atoms with van der Waals surface area (Å²) in [4.78, 5) is 28.7. The third kappa shape index (κ3) is 5.12. The number of hydrogen-bond acceptors (Lipinski definition) is 5. The molecule has 0 radical (unpaired) electrons. The lowest BCUT2D eigenvalue weighted by molar-refractivity contribution is -0.191. The second kappa shape index (κ2) is 9.63. The molecule has 36 heavy (non-hydrogen) atoms. The van der Waals surface area contributed by atoms with Gasteiger partial charge in [0, 0.05) is 24.4 Å². The molecule has 1 fully saturated rings. The van der Waals surface area contributed by atoms with Gasteiger partial charge in [0.25, 0.3) is 0 Å². The maximum absolute atomic E-state index is 14.1. The Morgan fingerprint density at radius 1 is 1.19 bits per heavy atom. The number of ether oxygens (including phenoxy) is 1. The molecule has 2 aromatic rings. The third-order valence-electron chi connectivity index (χ3n) is 7.48. The monoisotopic (exact) mass is 504 g/mol. The highest BCUT2D eigenvalue weighted by Crippen LogP contribution is 2.41. The van der Waals surface area contributed by atoms with Crippen LogP contribution in [0.1, 0.15) is 56.0 Å². The Balaban J connectivity index is 1.48. The molecule has 7 nitrogen and oxygen atoms in total. The zero-order valence-electron chi connectivity index (χ0n) is 20.5. The predicted molar refractivity (Wildman–Crippen MR) is 128 cm³/mol. The first kappa shape index (κ1) is 25.8. The van der Waals surface area contributed by atoms with E-state index in [2.05, 4.69) is 36.3 Å². The number of alkyl halides is 3. The molecular formula is C26H31F3N4O3. The lowest BCUT2D eigenvalue weighted by atomic mass is 9.83. The fourth-order valence-electron chi connectivity index (χ4n) is 5.51. The summed E-state index contributed by atoms with van der Waals surface area (Å²) >= 11 is 0. The first-order valence-corrected chi connectivity index (χ1v) is 12.0. The zero-order chi connectivity index (χ0) is 26.3. The Kier molecular flexibility index (Phi) is 6.90. The molecule has 2 aliphatic rings. The van der Waals surface area contributed by atoms with Crippen LogP contribution in [0.5, 0.6) is 0 Å². The Hall–Kier alpha value is -3.30. The molecular weight excluding hydrogens is 473 g/mol. The molecule has 1 unspecified atom stereocenters. The average molecular weight is 505 g/mol. The van der Waals surface area contributed by atoms with E-state index in [1.807, 2.05) is 12.1 Å². The molecule has 3 N–H and O–H groups in total. The Morgan fingerprint density at radius 3 is 2.53 bits per heavy atom. The smallest absolute Gasteiger partial charge is 0.414 e. The highest BCUT2D eigenvalue weighted by Gasteiger charge is 2.48. The van der Waals surface area contributed by atoms with Crippen molar-refractivity contribution in [1.82, 2.24) is 9.88 Å². The van der Waals surface area contributed by atoms with E-state index in [1.165, 1.54) is 23.4 Å². The molecule has 4 atom stereocenters. The van der Waals surface area contributed by atoms with Gasteiger partial charge in [-0.15, -0.1) is 0 Å². The van der Waals surface area contributed by atoms with Gasteiger partial charge in [0.05, 0.1) is 17.6 Å². The second-order valence-electron chi connectivity index (χ2n) is 10.2. The molecule has 2 aliphatic carbocycles. The zero-order valence-corrected chi connectivity index (χ0v) is 20.5. The van der Waals surface area contributed by atoms with Crippen LogP contribution in [-0.4, -0.2) is 47.3 Å². The SMILES string of the molecule is CN(C(=O)[C@@H]1CC[C@H](OC(N)=O)C1)C(c1ccc(N[C@@H]2Cc3ccccc3C2(C)C)cn1)C(F)(F)F. The van der Waals surface area contributed by atoms with Crippen LogP contribution in [-0.2, 0) is 21.4 Å². The highest BCUT2D eigenvalue weighted by molar-refractivity contribution is 5.79. The summed E-state index contributed by atoms with van der Waals surface area (Å²) in [6.45, 7) is 4.28. The van der Waals surface area contributed by atoms with Gasteiger partial charge in [-0.1, -0.05) is 38.1 Å². The van der Waals surface area contributed by atoms with E-state index < -0.39 is 36.2 Å². The van der Waals surface area contributed by atoms with Crippen molar-refractivity contribution in [1.29, 1.82) is 0 Å². The normalized spacial score (nSPS) is 23.6. The van der Waals surface area contributed by atoms with Crippen LogP contribution >= 0.6 is 0 Å². The number of hydrogen-bond donors (Lipinski definition) is 2. The van der Waals surface area contributed by atoms with E-state index in [-0.39, 0.29) is 23.6 Å². The molecule has 1 saturated carbocycles. The molecule has 0 spiro atoms. The summed E-state index contributed by atoms with van der Waals surface area (Å²) in [6, 6.07) is 8.95. The molecule has 0 saturated heterocycles. The first-order valence-electron chi connectivity index (χ1n) is 12.0. The minimum atomic E-state index is -4.72. The molecule has 4 rings (SSSR count). The molecule has 2 amide bonds. The van der Waals surface area contributed by atoms with Gasteiger partial charge in [-0.05, 0) is 48.9 Å². The van der Waals surface area contributed by atoms with E-state index in [4.69, 9.17) is 10.5 Å². The van der Waals surface area contributed by atoms with Crippen LogP contribution in [0, 0.1) is 5.92 Å². The summed E-state index contributed by atoms with van der Waals surface area (Å²) in [5.74, 6) is -1.35. The van der Waals surface area contributed by atoms with Gasteiger partial charge in [0.2, 0.25) is 5.91 Å². The van der Waals surface area contributed by atoms with E-state index in [0.29, 0.717) is 23.4 Å². The fourth-order valence-corrected chi connectivity index (χ4v) is 5.51. The summed E-state index contributed by atoms with van der Waals surface area (Å²) in [5.41, 5.74) is 7.70. The van der Waals surface area contributed by atoms with Gasteiger partial charge in [0.15, 0.2) is 6.04 Å². The van der Waals surface area contributed by atoms with Crippen LogP contribution < -0.4 is 11.1 Å². The van der Waals surface area contributed by atoms with E-state index in [1.54, 1.807) is 6.07 Å². The summed E-state index contributed by atoms with van der Waals surface area (Å²) in [5, 5.41) is 3.42. The van der Waals surface area contributed by atoms with Crippen LogP contribution in [0.3, 0.4) is 0 Å². The van der Waals surface area contributed by atoms with Crippen molar-refractivity contribution in [3.8, 4) is 0 Å². The predicted octanol–water partition coefficient (Wildman–Crippen LogP) is 4.72. The van der Waals surface area contributed by atoms with Gasteiger partial charge in [-0.2, -0.15) is 13.2 Å². The number of anilines is 1. The maximum atomic E-state index is 14.1. The van der Waals surface area contributed by atoms with Crippen LogP contribution in [0.4, 0.5) is 23.7 Å². The summed E-state index contributed by atoms with van der Waals surface area (Å²) in [6.07, 6.45) is -3.21. The number of amides is 2. The Labute approximate surface area is 208 Å². The number of halogens is 3. The number of carbonyl (C=O) groups excluding carboxylic acids is 2. The number of carbonyl (C=O) groups is 2. The number of aromatic nitrogens is 1. The van der Waals surface area contributed by atoms with Crippen molar-refractivity contribution in [3.05, 3.63) is 59.4 Å². The molecule has 1 heterocycles. The molecule has 1 aromatic heterocycles. The van der Waals surface area contributed by atoms with E-state index in [0.717, 1.165) is 13.5 Å². The van der Waals surface area contributed by atoms with Crippen LogP contribution in [0.2, 0.25) is 0 Å². The highest BCUT2D eigenvalue weighted by atomic mass is 19.4. The molecule has 0 aliphatic heterocycles. The Bertz CT molecular complexity index is 1120. The number of primary amides is 1. The minimum Gasteiger partial charge on any atom is -0.446 e. The molecule has 10 heteroatoms. The van der Waals surface area contributed by atoms with Crippen molar-refractivity contribution in [2.45, 2.75) is 69.3 Å². The van der Waals surface area contributed by atoms with Crippen molar-refractivity contribution < 1.29 is 27.5 Å². The molecule has 0 bridgehead atoms. The van der Waals surface area contributed by atoms with Gasteiger partial charge in [-0.3, -0.25) is 9.78 Å². The summed E-state index contributed by atoms with van der Waals surface area (Å²) < 4.78 is 47.2. The number of pyridine rings is 1. The first-order chi connectivity index (χ1) is 16.9. The largest absolute Gasteiger partial charge is 0.446 e. The van der Waals surface area contributed by atoms with Gasteiger partial charge in [0.1, 0.15) is 6.10 Å². The van der Waals surface area contributed by atoms with Crippen LogP contribution in [0.25, 0.3) is 0 Å². The number of benzene rings is 1. The number of rotatable bonds is 6. The van der Waals surface area contributed by atoms with Gasteiger partial charge in [-0.25, -0.2) is 4.79 Å². The Morgan fingerprint density at radius 2 is 1.92 bits per heavy atom. The van der Waals surface area contributed by atoms with Gasteiger partial charge >= 0.3 is 12.3 Å². The van der Waals surface area contributed by atoms with Gasteiger partial charge < -0.3 is 20.7 Å². The number of nitrogens with one attached hydrogen (secondary N) is 1. The summed E-state index contributed by atoms with van der Waals surface area (Å²) in [7, 11) is 1.13.